The molecule has 2 aromatic carbocycles. The number of amides is 4. The zero-order valence-electron chi connectivity index (χ0n) is 25.9. The van der Waals surface area contributed by atoms with E-state index in [1.54, 1.807) is 64.1 Å². The molecular formula is C32H44N4O7. The number of likely N-dealkylation sites (tertiary alicyclic amines) is 1. The fourth-order valence-electron chi connectivity index (χ4n) is 5.02. The molecule has 1 aliphatic rings. The number of hydrogen-bond donors (Lipinski definition) is 3. The average molecular weight is 597 g/mol. The summed E-state index contributed by atoms with van der Waals surface area (Å²) in [7, 11) is 0. The first-order valence-corrected chi connectivity index (χ1v) is 14.6. The summed E-state index contributed by atoms with van der Waals surface area (Å²) >= 11 is 0. The van der Waals surface area contributed by atoms with Crippen LogP contribution >= 0.6 is 0 Å². The fraction of sp³-hybridized carbons (Fsp3) is 0.500. The van der Waals surface area contributed by atoms with Gasteiger partial charge in [-0.15, -0.1) is 0 Å². The summed E-state index contributed by atoms with van der Waals surface area (Å²) in [6.07, 6.45) is 0.490. The van der Waals surface area contributed by atoms with Crippen LogP contribution in [0.4, 0.5) is 4.79 Å². The number of carbonyl (C=O) groups excluding carboxylic acids is 4. The highest BCUT2D eigenvalue weighted by molar-refractivity contribution is 5.99. The van der Waals surface area contributed by atoms with E-state index >= 15 is 0 Å². The lowest BCUT2D eigenvalue weighted by Gasteiger charge is -2.38. The van der Waals surface area contributed by atoms with Crippen LogP contribution in [0.25, 0.3) is 0 Å². The van der Waals surface area contributed by atoms with Crippen molar-refractivity contribution in [3.63, 3.8) is 0 Å². The summed E-state index contributed by atoms with van der Waals surface area (Å²) in [5.74, 6) is -1.86. The molecule has 1 saturated heterocycles. The number of aliphatic hydroxyl groups excluding tert-OH is 1. The molecule has 1 fully saturated rings. The quantitative estimate of drug-likeness (QED) is 0.294. The Morgan fingerprint density at radius 3 is 2.33 bits per heavy atom. The van der Waals surface area contributed by atoms with E-state index < -0.39 is 48.2 Å². The van der Waals surface area contributed by atoms with Crippen molar-refractivity contribution >= 4 is 23.8 Å². The van der Waals surface area contributed by atoms with E-state index in [0.717, 1.165) is 10.0 Å². The van der Waals surface area contributed by atoms with Crippen molar-refractivity contribution in [1.29, 1.82) is 0 Å². The normalized spacial score (nSPS) is 15.6. The summed E-state index contributed by atoms with van der Waals surface area (Å²) in [5.41, 5.74) is 0.504. The highest BCUT2D eigenvalue weighted by atomic mass is 16.6. The van der Waals surface area contributed by atoms with E-state index in [2.05, 4.69) is 5.32 Å². The number of benzene rings is 2. The molecule has 2 aromatic rings. The van der Waals surface area contributed by atoms with Gasteiger partial charge in [-0.1, -0.05) is 50.2 Å². The predicted octanol–water partition coefficient (Wildman–Crippen LogP) is 3.97. The van der Waals surface area contributed by atoms with Gasteiger partial charge < -0.3 is 20.3 Å². The van der Waals surface area contributed by atoms with Gasteiger partial charge in [-0.3, -0.25) is 19.3 Å². The molecule has 0 aliphatic carbocycles. The Balaban J connectivity index is 1.97. The Morgan fingerprint density at radius 1 is 1.05 bits per heavy atom. The second-order valence-electron chi connectivity index (χ2n) is 12.2. The van der Waals surface area contributed by atoms with Gasteiger partial charge in [0.1, 0.15) is 30.2 Å². The number of aliphatic hydroxyl groups is 1. The Kier molecular flexibility index (Phi) is 11.2. The van der Waals surface area contributed by atoms with Crippen LogP contribution in [0.2, 0.25) is 0 Å². The molecule has 2 atom stereocenters. The van der Waals surface area contributed by atoms with E-state index in [0.29, 0.717) is 30.5 Å². The molecule has 4 amide bonds. The third-order valence-electron chi connectivity index (χ3n) is 7.14. The van der Waals surface area contributed by atoms with Crippen molar-refractivity contribution in [2.75, 3.05) is 13.3 Å². The summed E-state index contributed by atoms with van der Waals surface area (Å²) in [6.45, 7) is 10.0. The fourth-order valence-corrected chi connectivity index (χ4v) is 5.02. The molecule has 0 unspecified atom stereocenters. The van der Waals surface area contributed by atoms with Gasteiger partial charge in [-0.05, 0) is 70.6 Å². The van der Waals surface area contributed by atoms with Gasteiger partial charge in [-0.2, -0.15) is 0 Å². The van der Waals surface area contributed by atoms with Crippen LogP contribution in [-0.4, -0.2) is 79.9 Å². The first kappa shape index (κ1) is 33.4. The van der Waals surface area contributed by atoms with E-state index in [4.69, 9.17) is 4.74 Å². The number of aromatic hydroxyl groups is 1. The molecule has 0 radical (unpaired) electrons. The third-order valence-corrected chi connectivity index (χ3v) is 7.14. The summed E-state index contributed by atoms with van der Waals surface area (Å²) in [5, 5.41) is 25.5. The van der Waals surface area contributed by atoms with Crippen LogP contribution in [0.15, 0.2) is 48.5 Å². The molecule has 1 aliphatic heterocycles. The molecule has 3 N–H and O–H groups in total. The van der Waals surface area contributed by atoms with Crippen LogP contribution in [-0.2, 0) is 20.9 Å². The topological polar surface area (TPSA) is 140 Å². The molecule has 3 rings (SSSR count). The third kappa shape index (κ3) is 8.70. The second-order valence-corrected chi connectivity index (χ2v) is 12.2. The lowest BCUT2D eigenvalue weighted by molar-refractivity contribution is -0.178. The lowest BCUT2D eigenvalue weighted by Crippen LogP contribution is -2.60. The van der Waals surface area contributed by atoms with Crippen molar-refractivity contribution in [1.82, 2.24) is 20.2 Å². The number of carbonyl (C=O) groups is 4. The SMILES string of the molecule is Cc1c(O)cccc1C(=O)N[C@@H](CC(C)C)C(=O)N(Cc1ccccc1)N(CO)C(=O)[C@@H]1CCCN1C(=O)OC(C)(C)C. The van der Waals surface area contributed by atoms with Crippen molar-refractivity contribution in [3.8, 4) is 5.75 Å². The van der Waals surface area contributed by atoms with Crippen LogP contribution in [0.3, 0.4) is 0 Å². The summed E-state index contributed by atoms with van der Waals surface area (Å²) < 4.78 is 5.51. The Hall–Kier alpha value is -4.12. The van der Waals surface area contributed by atoms with Crippen LogP contribution < -0.4 is 5.32 Å². The maximum Gasteiger partial charge on any atom is 0.410 e. The van der Waals surface area contributed by atoms with E-state index in [1.807, 2.05) is 19.9 Å². The number of rotatable bonds is 9. The minimum atomic E-state index is -1.06. The molecule has 11 heteroatoms. The zero-order valence-corrected chi connectivity index (χ0v) is 25.9. The van der Waals surface area contributed by atoms with Gasteiger partial charge in [0.25, 0.3) is 17.7 Å². The summed E-state index contributed by atoms with van der Waals surface area (Å²) in [4.78, 5) is 55.9. The minimum absolute atomic E-state index is 0.0196. The number of phenols is 1. The molecule has 43 heavy (non-hydrogen) atoms. The second kappa shape index (κ2) is 14.4. The maximum atomic E-state index is 14.3. The highest BCUT2D eigenvalue weighted by Gasteiger charge is 2.42. The molecule has 11 nitrogen and oxygen atoms in total. The number of ether oxygens (including phenoxy) is 1. The van der Waals surface area contributed by atoms with Gasteiger partial charge in [0.15, 0.2) is 0 Å². The van der Waals surface area contributed by atoms with Crippen molar-refractivity contribution in [2.45, 2.75) is 85.0 Å². The molecule has 0 spiro atoms. The van der Waals surface area contributed by atoms with Gasteiger partial charge >= 0.3 is 6.09 Å². The predicted molar refractivity (Wildman–Crippen MR) is 160 cm³/mol. The van der Waals surface area contributed by atoms with E-state index in [-0.39, 0.29) is 30.2 Å². The molecule has 1 heterocycles. The first-order valence-electron chi connectivity index (χ1n) is 14.6. The number of nitrogens with one attached hydrogen (secondary N) is 1. The van der Waals surface area contributed by atoms with E-state index in [1.165, 1.54) is 11.0 Å². The minimum Gasteiger partial charge on any atom is -0.508 e. The van der Waals surface area contributed by atoms with Gasteiger partial charge in [0.2, 0.25) is 0 Å². The number of nitrogens with zero attached hydrogens (tertiary/aromatic N) is 3. The van der Waals surface area contributed by atoms with Crippen LogP contribution in [0, 0.1) is 12.8 Å². The zero-order chi connectivity index (χ0) is 31.9. The number of hydrazine groups is 1. The molecule has 0 bridgehead atoms. The smallest absolute Gasteiger partial charge is 0.410 e. The largest absolute Gasteiger partial charge is 0.508 e. The van der Waals surface area contributed by atoms with Gasteiger partial charge in [-0.25, -0.2) is 14.8 Å². The maximum absolute atomic E-state index is 14.3. The molecular weight excluding hydrogens is 552 g/mol. The Bertz CT molecular complexity index is 1290. The molecule has 0 aromatic heterocycles. The van der Waals surface area contributed by atoms with Gasteiger partial charge in [0, 0.05) is 17.7 Å². The average Bonchev–Trinajstić information content (AvgIpc) is 3.43. The van der Waals surface area contributed by atoms with Crippen molar-refractivity contribution < 1.29 is 34.1 Å². The van der Waals surface area contributed by atoms with Gasteiger partial charge in [0.05, 0.1) is 6.54 Å². The summed E-state index contributed by atoms with van der Waals surface area (Å²) in [6, 6.07) is 11.5. The number of phenolic OH excluding ortho intramolecular Hbond substituents is 1. The molecule has 0 saturated carbocycles. The molecule has 234 valence electrons. The highest BCUT2D eigenvalue weighted by Crippen LogP contribution is 2.25. The van der Waals surface area contributed by atoms with E-state index in [9.17, 15) is 29.4 Å². The lowest BCUT2D eigenvalue weighted by atomic mass is 10.0. The Morgan fingerprint density at radius 2 is 1.72 bits per heavy atom. The number of hydrogen-bond acceptors (Lipinski definition) is 7. The standard InChI is InChI=1S/C32H44N4O7/c1-21(2)18-25(33-28(39)24-14-10-16-27(38)22(24)3)29(40)35(19-23-12-8-7-9-13-23)36(20-37)30(41)26-15-11-17-34(26)31(42)43-32(4,5)6/h7-10,12-14,16,21,25-26,37-38H,11,15,17-20H2,1-6H3,(H,33,39)/t25-,26-/m0/s1. The first-order chi connectivity index (χ1) is 20.2. The monoisotopic (exact) mass is 596 g/mol. The van der Waals surface area contributed by atoms with Crippen molar-refractivity contribution in [2.24, 2.45) is 5.92 Å². The van der Waals surface area contributed by atoms with Crippen LogP contribution in [0.5, 0.6) is 5.75 Å². The Labute approximate surface area is 253 Å². The van der Waals surface area contributed by atoms with Crippen LogP contribution in [0.1, 0.15) is 75.4 Å². The van der Waals surface area contributed by atoms with Crippen molar-refractivity contribution in [3.05, 3.63) is 65.2 Å².